The summed E-state index contributed by atoms with van der Waals surface area (Å²) in [6.45, 7) is 1.53. The Kier molecular flexibility index (Phi) is 6.09. The number of carbonyl (C=O) groups excluding carboxylic acids is 3. The van der Waals surface area contributed by atoms with Crippen molar-refractivity contribution in [1.82, 2.24) is 4.90 Å². The maximum Gasteiger partial charge on any atom is 0.416 e. The molecule has 0 saturated carbocycles. The minimum Gasteiger partial charge on any atom is -0.338 e. The van der Waals surface area contributed by atoms with Gasteiger partial charge in [0, 0.05) is 37.8 Å². The summed E-state index contributed by atoms with van der Waals surface area (Å²) in [5, 5.41) is 5.33. The van der Waals surface area contributed by atoms with Gasteiger partial charge in [-0.15, -0.1) is 0 Å². The summed E-state index contributed by atoms with van der Waals surface area (Å²) in [5.41, 5.74) is 0.679. The number of nitrogens with one attached hydrogen (secondary N) is 2. The topological polar surface area (TPSA) is 78.5 Å². The van der Waals surface area contributed by atoms with E-state index >= 15 is 0 Å². The second-order valence-electron chi connectivity index (χ2n) is 7.12. The van der Waals surface area contributed by atoms with Crippen LogP contribution in [0.25, 0.3) is 0 Å². The van der Waals surface area contributed by atoms with Gasteiger partial charge in [-0.1, -0.05) is 12.1 Å². The Morgan fingerprint density at radius 1 is 1.07 bits per heavy atom. The van der Waals surface area contributed by atoms with Crippen molar-refractivity contribution >= 4 is 29.1 Å². The van der Waals surface area contributed by atoms with Gasteiger partial charge >= 0.3 is 6.18 Å². The molecule has 1 fully saturated rings. The number of alkyl halides is 3. The predicted molar refractivity (Wildman–Crippen MR) is 104 cm³/mol. The molecule has 1 atom stereocenters. The van der Waals surface area contributed by atoms with E-state index in [1.807, 2.05) is 0 Å². The van der Waals surface area contributed by atoms with Crippen molar-refractivity contribution in [1.29, 1.82) is 0 Å². The molecule has 0 bridgehead atoms. The molecule has 1 aliphatic rings. The highest BCUT2D eigenvalue weighted by atomic mass is 19.4. The standard InChI is InChI=1S/C21H20F3N3O3/c1-13(28)25-17-5-7-18(8-6-17)26-20(30)15-10-19(29)27(12-15)11-14-3-2-4-16(9-14)21(22,23)24/h2-9,15H,10-12H2,1H3,(H,25,28)(H,26,30). The fraction of sp³-hybridized carbons (Fsp3) is 0.286. The van der Waals surface area contributed by atoms with Gasteiger partial charge in [0.1, 0.15) is 0 Å². The number of benzene rings is 2. The summed E-state index contributed by atoms with van der Waals surface area (Å²) in [6, 6.07) is 11.3. The number of halogens is 3. The molecule has 0 aliphatic carbocycles. The number of likely N-dealkylation sites (tertiary alicyclic amines) is 1. The molecular formula is C21H20F3N3O3. The van der Waals surface area contributed by atoms with E-state index in [1.165, 1.54) is 24.0 Å². The SMILES string of the molecule is CC(=O)Nc1ccc(NC(=O)C2CC(=O)N(Cc3cccc(C(F)(F)F)c3)C2)cc1. The summed E-state index contributed by atoms with van der Waals surface area (Å²) >= 11 is 0. The molecule has 1 aliphatic heterocycles. The van der Waals surface area contributed by atoms with Crippen LogP contribution in [0.4, 0.5) is 24.5 Å². The van der Waals surface area contributed by atoms with Gasteiger partial charge in [0.05, 0.1) is 11.5 Å². The molecule has 0 radical (unpaired) electrons. The van der Waals surface area contributed by atoms with Crippen LogP contribution in [0.5, 0.6) is 0 Å². The zero-order valence-electron chi connectivity index (χ0n) is 16.1. The Morgan fingerprint density at radius 2 is 1.70 bits per heavy atom. The van der Waals surface area contributed by atoms with Crippen LogP contribution in [0.1, 0.15) is 24.5 Å². The second-order valence-corrected chi connectivity index (χ2v) is 7.12. The number of nitrogens with zero attached hydrogens (tertiary/aromatic N) is 1. The van der Waals surface area contributed by atoms with Gasteiger partial charge in [0.2, 0.25) is 17.7 Å². The third-order valence-corrected chi connectivity index (χ3v) is 4.69. The van der Waals surface area contributed by atoms with Gasteiger partial charge in [-0.2, -0.15) is 13.2 Å². The van der Waals surface area contributed by atoms with Crippen LogP contribution in [0, 0.1) is 5.92 Å². The minimum atomic E-state index is -4.46. The maximum atomic E-state index is 12.9. The van der Waals surface area contributed by atoms with Gasteiger partial charge in [-0.05, 0) is 42.0 Å². The summed E-state index contributed by atoms with van der Waals surface area (Å²) in [6.07, 6.45) is -4.46. The van der Waals surface area contributed by atoms with E-state index in [4.69, 9.17) is 0 Å². The molecule has 1 heterocycles. The van der Waals surface area contributed by atoms with Crippen LogP contribution in [0.3, 0.4) is 0 Å². The first kappa shape index (κ1) is 21.4. The lowest BCUT2D eigenvalue weighted by Crippen LogP contribution is -2.28. The molecule has 30 heavy (non-hydrogen) atoms. The molecule has 158 valence electrons. The molecule has 6 nitrogen and oxygen atoms in total. The number of anilines is 2. The van der Waals surface area contributed by atoms with E-state index in [2.05, 4.69) is 10.6 Å². The number of hydrogen-bond donors (Lipinski definition) is 2. The fourth-order valence-electron chi connectivity index (χ4n) is 3.25. The molecule has 1 unspecified atom stereocenters. The van der Waals surface area contributed by atoms with Crippen LogP contribution >= 0.6 is 0 Å². The largest absolute Gasteiger partial charge is 0.416 e. The van der Waals surface area contributed by atoms with Crippen molar-refractivity contribution in [2.45, 2.75) is 26.1 Å². The van der Waals surface area contributed by atoms with Crippen molar-refractivity contribution in [2.24, 2.45) is 5.92 Å². The maximum absolute atomic E-state index is 12.9. The summed E-state index contributed by atoms with van der Waals surface area (Å²) in [5.74, 6) is -1.44. The summed E-state index contributed by atoms with van der Waals surface area (Å²) < 4.78 is 38.6. The van der Waals surface area contributed by atoms with E-state index < -0.39 is 17.7 Å². The Balaban J connectivity index is 1.60. The van der Waals surface area contributed by atoms with Crippen molar-refractivity contribution in [3.05, 3.63) is 59.7 Å². The molecule has 3 amide bonds. The first-order chi connectivity index (χ1) is 14.1. The summed E-state index contributed by atoms with van der Waals surface area (Å²) in [7, 11) is 0. The van der Waals surface area contributed by atoms with Crippen molar-refractivity contribution in [2.75, 3.05) is 17.2 Å². The lowest BCUT2D eigenvalue weighted by molar-refractivity contribution is -0.137. The lowest BCUT2D eigenvalue weighted by atomic mass is 10.1. The Hall–Kier alpha value is -3.36. The molecule has 1 saturated heterocycles. The summed E-state index contributed by atoms with van der Waals surface area (Å²) in [4.78, 5) is 37.2. The predicted octanol–water partition coefficient (Wildman–Crippen LogP) is 3.65. The average Bonchev–Trinajstić information content (AvgIpc) is 3.03. The molecule has 0 spiro atoms. The molecule has 3 rings (SSSR count). The Bertz CT molecular complexity index is 958. The highest BCUT2D eigenvalue weighted by Gasteiger charge is 2.35. The van der Waals surface area contributed by atoms with Gasteiger partial charge in [-0.3, -0.25) is 14.4 Å². The quantitative estimate of drug-likeness (QED) is 0.777. The number of amides is 3. The van der Waals surface area contributed by atoms with Gasteiger partial charge in [-0.25, -0.2) is 0 Å². The first-order valence-corrected chi connectivity index (χ1v) is 9.24. The van der Waals surface area contributed by atoms with E-state index in [-0.39, 0.29) is 37.2 Å². The first-order valence-electron chi connectivity index (χ1n) is 9.24. The Morgan fingerprint density at radius 3 is 2.30 bits per heavy atom. The highest BCUT2D eigenvalue weighted by molar-refractivity contribution is 5.97. The van der Waals surface area contributed by atoms with E-state index in [1.54, 1.807) is 24.3 Å². The second kappa shape index (κ2) is 8.56. The molecule has 2 aromatic carbocycles. The highest BCUT2D eigenvalue weighted by Crippen LogP contribution is 2.30. The fourth-order valence-corrected chi connectivity index (χ4v) is 3.25. The minimum absolute atomic E-state index is 0.00519. The zero-order valence-corrected chi connectivity index (χ0v) is 16.1. The van der Waals surface area contributed by atoms with Crippen LogP contribution in [-0.2, 0) is 27.1 Å². The third kappa shape index (κ3) is 5.37. The van der Waals surface area contributed by atoms with Gasteiger partial charge in [0.25, 0.3) is 0 Å². The smallest absolute Gasteiger partial charge is 0.338 e. The number of hydrogen-bond acceptors (Lipinski definition) is 3. The van der Waals surface area contributed by atoms with Crippen molar-refractivity contribution in [3.63, 3.8) is 0 Å². The normalized spacial score (nSPS) is 16.5. The third-order valence-electron chi connectivity index (χ3n) is 4.69. The van der Waals surface area contributed by atoms with Gasteiger partial charge < -0.3 is 15.5 Å². The van der Waals surface area contributed by atoms with Crippen LogP contribution < -0.4 is 10.6 Å². The van der Waals surface area contributed by atoms with Crippen LogP contribution in [0.2, 0.25) is 0 Å². The lowest BCUT2D eigenvalue weighted by Gasteiger charge is -2.18. The molecule has 2 N–H and O–H groups in total. The number of rotatable bonds is 5. The van der Waals surface area contributed by atoms with Crippen molar-refractivity contribution in [3.8, 4) is 0 Å². The molecule has 0 aromatic heterocycles. The molecule has 2 aromatic rings. The van der Waals surface area contributed by atoms with E-state index in [0.29, 0.717) is 16.9 Å². The van der Waals surface area contributed by atoms with E-state index in [9.17, 15) is 27.6 Å². The molecular weight excluding hydrogens is 399 g/mol. The zero-order chi connectivity index (χ0) is 21.9. The average molecular weight is 419 g/mol. The molecule has 9 heteroatoms. The monoisotopic (exact) mass is 419 g/mol. The Labute approximate surface area is 171 Å². The van der Waals surface area contributed by atoms with Crippen LogP contribution in [0.15, 0.2) is 48.5 Å². The number of carbonyl (C=O) groups is 3. The van der Waals surface area contributed by atoms with Crippen molar-refractivity contribution < 1.29 is 27.6 Å². The van der Waals surface area contributed by atoms with E-state index in [0.717, 1.165) is 12.1 Å². The van der Waals surface area contributed by atoms with Gasteiger partial charge in [0.15, 0.2) is 0 Å². The van der Waals surface area contributed by atoms with Crippen LogP contribution in [-0.4, -0.2) is 29.2 Å².